The average Bonchev–Trinajstić information content (AvgIpc) is 2.39. The van der Waals surface area contributed by atoms with Gasteiger partial charge in [0.25, 0.3) is 0 Å². The van der Waals surface area contributed by atoms with Crippen LogP contribution in [0, 0.1) is 5.92 Å². The topological polar surface area (TPSA) is 45.1 Å². The standard InChI is InChI=1S/C12H22N2O2/c1-2-10-8-14(6-5-12(10)13-15)11-4-3-7-16-9-11/h10-11,15H,2-9H2,1H3. The van der Waals surface area contributed by atoms with Crippen molar-refractivity contribution in [3.8, 4) is 0 Å². The number of rotatable bonds is 2. The summed E-state index contributed by atoms with van der Waals surface area (Å²) < 4.78 is 5.54. The molecule has 2 aliphatic heterocycles. The summed E-state index contributed by atoms with van der Waals surface area (Å²) in [6.07, 6.45) is 4.40. The molecule has 4 heteroatoms. The molecule has 92 valence electrons. The molecule has 0 amide bonds. The first-order chi connectivity index (χ1) is 7.85. The number of oxime groups is 1. The number of hydrogen-bond acceptors (Lipinski definition) is 4. The first kappa shape index (κ1) is 11.9. The fourth-order valence-corrected chi connectivity index (χ4v) is 2.78. The molecule has 0 radical (unpaired) electrons. The molecule has 0 aromatic rings. The predicted octanol–water partition coefficient (Wildman–Crippen LogP) is 1.73. The summed E-state index contributed by atoms with van der Waals surface area (Å²) in [6, 6.07) is 0.586. The van der Waals surface area contributed by atoms with Gasteiger partial charge in [-0.05, 0) is 19.3 Å². The van der Waals surface area contributed by atoms with Crippen LogP contribution in [0.4, 0.5) is 0 Å². The number of hydrogen-bond donors (Lipinski definition) is 1. The van der Waals surface area contributed by atoms with Crippen molar-refractivity contribution in [2.24, 2.45) is 11.1 Å². The van der Waals surface area contributed by atoms with E-state index >= 15 is 0 Å². The highest BCUT2D eigenvalue weighted by molar-refractivity contribution is 5.87. The molecule has 1 N–H and O–H groups in total. The molecule has 0 saturated carbocycles. The van der Waals surface area contributed by atoms with Crippen LogP contribution in [-0.4, -0.2) is 48.2 Å². The van der Waals surface area contributed by atoms with Crippen molar-refractivity contribution < 1.29 is 9.94 Å². The van der Waals surface area contributed by atoms with E-state index in [-0.39, 0.29) is 0 Å². The SMILES string of the molecule is CCC1CN(C2CCCOC2)CCC1=NO. The molecule has 2 rings (SSSR count). The van der Waals surface area contributed by atoms with Gasteiger partial charge in [0.1, 0.15) is 0 Å². The maximum Gasteiger partial charge on any atom is 0.0627 e. The fourth-order valence-electron chi connectivity index (χ4n) is 2.78. The zero-order valence-corrected chi connectivity index (χ0v) is 10.1. The van der Waals surface area contributed by atoms with Gasteiger partial charge in [-0.2, -0.15) is 0 Å². The second-order valence-corrected chi connectivity index (χ2v) is 4.81. The lowest BCUT2D eigenvalue weighted by Crippen LogP contribution is -2.49. The van der Waals surface area contributed by atoms with Crippen LogP contribution < -0.4 is 0 Å². The van der Waals surface area contributed by atoms with Crippen molar-refractivity contribution in [2.45, 2.75) is 38.6 Å². The van der Waals surface area contributed by atoms with E-state index in [9.17, 15) is 0 Å². The minimum absolute atomic E-state index is 0.431. The van der Waals surface area contributed by atoms with Crippen molar-refractivity contribution in [2.75, 3.05) is 26.3 Å². The molecule has 2 aliphatic rings. The van der Waals surface area contributed by atoms with Gasteiger partial charge in [-0.15, -0.1) is 0 Å². The van der Waals surface area contributed by atoms with Crippen molar-refractivity contribution in [1.82, 2.24) is 4.90 Å². The fraction of sp³-hybridized carbons (Fsp3) is 0.917. The van der Waals surface area contributed by atoms with Crippen LogP contribution in [0.3, 0.4) is 0 Å². The van der Waals surface area contributed by atoms with Gasteiger partial charge in [0.15, 0.2) is 0 Å². The van der Waals surface area contributed by atoms with Gasteiger partial charge >= 0.3 is 0 Å². The van der Waals surface area contributed by atoms with Gasteiger partial charge in [-0.25, -0.2) is 0 Å². The van der Waals surface area contributed by atoms with Gasteiger partial charge < -0.3 is 9.94 Å². The molecule has 2 heterocycles. The minimum Gasteiger partial charge on any atom is -0.411 e. The van der Waals surface area contributed by atoms with Gasteiger partial charge in [0, 0.05) is 38.1 Å². The number of ether oxygens (including phenoxy) is 1. The third-order valence-electron chi connectivity index (χ3n) is 3.86. The summed E-state index contributed by atoms with van der Waals surface area (Å²) in [6.45, 7) is 6.01. The molecule has 2 saturated heterocycles. The van der Waals surface area contributed by atoms with E-state index in [2.05, 4.69) is 17.0 Å². The quantitative estimate of drug-likeness (QED) is 0.576. The van der Waals surface area contributed by atoms with Crippen LogP contribution in [0.1, 0.15) is 32.6 Å². The molecular weight excluding hydrogens is 204 g/mol. The van der Waals surface area contributed by atoms with E-state index in [1.165, 1.54) is 12.8 Å². The highest BCUT2D eigenvalue weighted by atomic mass is 16.5. The lowest BCUT2D eigenvalue weighted by molar-refractivity contribution is 0.0121. The Kier molecular flexibility index (Phi) is 4.18. The summed E-state index contributed by atoms with van der Waals surface area (Å²) in [5.41, 5.74) is 0.982. The van der Waals surface area contributed by atoms with Crippen LogP contribution >= 0.6 is 0 Å². The average molecular weight is 226 g/mol. The summed E-state index contributed by atoms with van der Waals surface area (Å²) in [7, 11) is 0. The monoisotopic (exact) mass is 226 g/mol. The van der Waals surface area contributed by atoms with Crippen molar-refractivity contribution in [3.63, 3.8) is 0 Å². The van der Waals surface area contributed by atoms with Crippen LogP contribution in [0.5, 0.6) is 0 Å². The highest BCUT2D eigenvalue weighted by Gasteiger charge is 2.30. The molecule has 2 fully saturated rings. The van der Waals surface area contributed by atoms with Crippen LogP contribution in [0.2, 0.25) is 0 Å². The first-order valence-electron chi connectivity index (χ1n) is 6.37. The van der Waals surface area contributed by atoms with Gasteiger partial charge in [0.05, 0.1) is 12.3 Å². The Morgan fingerprint density at radius 3 is 3.06 bits per heavy atom. The maximum atomic E-state index is 8.93. The summed E-state index contributed by atoms with van der Waals surface area (Å²) in [5, 5.41) is 12.4. The molecule has 0 bridgehead atoms. The van der Waals surface area contributed by atoms with E-state index in [1.807, 2.05) is 0 Å². The van der Waals surface area contributed by atoms with Crippen molar-refractivity contribution >= 4 is 5.71 Å². The largest absolute Gasteiger partial charge is 0.411 e. The smallest absolute Gasteiger partial charge is 0.0627 e. The Morgan fingerprint density at radius 2 is 2.44 bits per heavy atom. The van der Waals surface area contributed by atoms with E-state index < -0.39 is 0 Å². The zero-order chi connectivity index (χ0) is 11.4. The summed E-state index contributed by atoms with van der Waals surface area (Å²) >= 11 is 0. The molecule has 16 heavy (non-hydrogen) atoms. The number of nitrogens with zero attached hydrogens (tertiary/aromatic N) is 2. The van der Waals surface area contributed by atoms with Crippen LogP contribution in [-0.2, 0) is 4.74 Å². The highest BCUT2D eigenvalue weighted by Crippen LogP contribution is 2.22. The second-order valence-electron chi connectivity index (χ2n) is 4.81. The molecule has 2 unspecified atom stereocenters. The molecule has 0 aromatic heterocycles. The van der Waals surface area contributed by atoms with Crippen molar-refractivity contribution in [3.05, 3.63) is 0 Å². The molecule has 0 aromatic carbocycles. The van der Waals surface area contributed by atoms with E-state index in [0.29, 0.717) is 12.0 Å². The molecule has 2 atom stereocenters. The minimum atomic E-state index is 0.431. The lowest BCUT2D eigenvalue weighted by atomic mass is 9.91. The number of piperidine rings is 1. The van der Waals surface area contributed by atoms with Gasteiger partial charge in [-0.1, -0.05) is 12.1 Å². The molecule has 4 nitrogen and oxygen atoms in total. The zero-order valence-electron chi connectivity index (χ0n) is 10.1. The second kappa shape index (κ2) is 5.64. The third-order valence-corrected chi connectivity index (χ3v) is 3.86. The van der Waals surface area contributed by atoms with Crippen molar-refractivity contribution in [1.29, 1.82) is 0 Å². The summed E-state index contributed by atoms with van der Waals surface area (Å²) in [4.78, 5) is 2.52. The Hall–Kier alpha value is -0.610. The van der Waals surface area contributed by atoms with Gasteiger partial charge in [0.2, 0.25) is 0 Å². The number of likely N-dealkylation sites (tertiary alicyclic amines) is 1. The first-order valence-corrected chi connectivity index (χ1v) is 6.37. The van der Waals surface area contributed by atoms with E-state index in [4.69, 9.17) is 9.94 Å². The van der Waals surface area contributed by atoms with E-state index in [1.54, 1.807) is 0 Å². The van der Waals surface area contributed by atoms with E-state index in [0.717, 1.165) is 44.9 Å². The Balaban J connectivity index is 1.93. The molecule has 0 spiro atoms. The normalized spacial score (nSPS) is 35.4. The van der Waals surface area contributed by atoms with Crippen LogP contribution in [0.25, 0.3) is 0 Å². The maximum absolute atomic E-state index is 8.93. The molecule has 0 aliphatic carbocycles. The predicted molar refractivity (Wildman–Crippen MR) is 63.0 cm³/mol. The Morgan fingerprint density at radius 1 is 1.56 bits per heavy atom. The summed E-state index contributed by atoms with van der Waals surface area (Å²) in [5.74, 6) is 0.431. The van der Waals surface area contributed by atoms with Gasteiger partial charge in [-0.3, -0.25) is 4.90 Å². The molecular formula is C12H22N2O2. The Bertz CT molecular complexity index is 249. The third kappa shape index (κ3) is 2.55. The lowest BCUT2D eigenvalue weighted by Gasteiger charge is -2.39. The van der Waals surface area contributed by atoms with Crippen LogP contribution in [0.15, 0.2) is 5.16 Å². The Labute approximate surface area is 97.3 Å².